The fourth-order valence-corrected chi connectivity index (χ4v) is 1.75. The summed E-state index contributed by atoms with van der Waals surface area (Å²) in [7, 11) is 1.88. The van der Waals surface area contributed by atoms with Crippen molar-refractivity contribution >= 4 is 16.7 Å². The van der Waals surface area contributed by atoms with Gasteiger partial charge in [0.15, 0.2) is 0 Å². The lowest BCUT2D eigenvalue weighted by molar-refractivity contribution is 0.768. The molecule has 3 aromatic heterocycles. The van der Waals surface area contributed by atoms with Crippen molar-refractivity contribution in [3.63, 3.8) is 0 Å². The van der Waals surface area contributed by atoms with Crippen LogP contribution in [0.5, 0.6) is 0 Å². The van der Waals surface area contributed by atoms with Crippen LogP contribution in [0.3, 0.4) is 0 Å². The van der Waals surface area contributed by atoms with Crippen LogP contribution in [-0.2, 0) is 7.05 Å². The largest absolute Gasteiger partial charge is 0.384 e. The maximum Gasteiger partial charge on any atom is 0.125 e. The summed E-state index contributed by atoms with van der Waals surface area (Å²) in [6.45, 7) is 4.00. The molecule has 0 saturated heterocycles. The van der Waals surface area contributed by atoms with Gasteiger partial charge in [-0.05, 0) is 12.1 Å². The molecule has 19 heavy (non-hydrogen) atoms. The van der Waals surface area contributed by atoms with E-state index in [0.717, 1.165) is 22.2 Å². The molecule has 0 atom stereocenters. The number of aromatic nitrogens is 4. The molecule has 5 nitrogen and oxygen atoms in total. The Morgan fingerprint density at radius 3 is 2.63 bits per heavy atom. The van der Waals surface area contributed by atoms with Crippen molar-refractivity contribution in [3.8, 4) is 11.3 Å². The van der Waals surface area contributed by atoms with Gasteiger partial charge in [-0.2, -0.15) is 5.10 Å². The van der Waals surface area contributed by atoms with Crippen LogP contribution in [0.4, 0.5) is 5.82 Å². The number of pyridine rings is 2. The molecule has 0 aliphatic rings. The topological polar surface area (TPSA) is 69.6 Å². The quantitative estimate of drug-likeness (QED) is 0.725. The first-order valence-electron chi connectivity index (χ1n) is 6.24. The van der Waals surface area contributed by atoms with Gasteiger partial charge in [0.1, 0.15) is 5.82 Å². The van der Waals surface area contributed by atoms with Gasteiger partial charge in [-0.3, -0.25) is 4.68 Å². The van der Waals surface area contributed by atoms with Crippen LogP contribution in [0.15, 0.2) is 36.8 Å². The number of nitrogens with zero attached hydrogens (tertiary/aromatic N) is 4. The lowest BCUT2D eigenvalue weighted by Crippen LogP contribution is -1.91. The van der Waals surface area contributed by atoms with E-state index in [0.29, 0.717) is 5.82 Å². The van der Waals surface area contributed by atoms with E-state index in [4.69, 9.17) is 5.73 Å². The van der Waals surface area contributed by atoms with Gasteiger partial charge in [-0.1, -0.05) is 13.8 Å². The zero-order chi connectivity index (χ0) is 13.8. The lowest BCUT2D eigenvalue weighted by Gasteiger charge is -2.01. The average molecular weight is 255 g/mol. The van der Waals surface area contributed by atoms with E-state index >= 15 is 0 Å². The van der Waals surface area contributed by atoms with Crippen molar-refractivity contribution in [2.75, 3.05) is 5.73 Å². The molecule has 0 spiro atoms. The van der Waals surface area contributed by atoms with Crippen molar-refractivity contribution < 1.29 is 0 Å². The van der Waals surface area contributed by atoms with E-state index in [9.17, 15) is 0 Å². The second-order valence-electron chi connectivity index (χ2n) is 3.90. The van der Waals surface area contributed by atoms with Gasteiger partial charge in [0, 0.05) is 36.5 Å². The molecule has 3 heterocycles. The Morgan fingerprint density at radius 1 is 1.16 bits per heavy atom. The molecule has 0 radical (unpaired) electrons. The maximum absolute atomic E-state index is 5.65. The number of aryl methyl sites for hydroxylation is 1. The third-order valence-electron chi connectivity index (χ3n) is 2.60. The molecule has 5 heteroatoms. The van der Waals surface area contributed by atoms with E-state index in [2.05, 4.69) is 15.1 Å². The highest BCUT2D eigenvalue weighted by Crippen LogP contribution is 2.20. The second-order valence-corrected chi connectivity index (χ2v) is 3.90. The minimum Gasteiger partial charge on any atom is -0.384 e. The molecule has 2 N–H and O–H groups in total. The molecule has 0 amide bonds. The third kappa shape index (κ3) is 2.70. The molecule has 3 rings (SSSR count). The van der Waals surface area contributed by atoms with Crippen LogP contribution in [0.1, 0.15) is 13.8 Å². The van der Waals surface area contributed by atoms with Crippen LogP contribution in [0, 0.1) is 0 Å². The van der Waals surface area contributed by atoms with Crippen LogP contribution < -0.4 is 5.73 Å². The number of nitrogens with two attached hydrogens (primary N) is 1. The first kappa shape index (κ1) is 13.0. The smallest absolute Gasteiger partial charge is 0.125 e. The third-order valence-corrected chi connectivity index (χ3v) is 2.60. The summed E-state index contributed by atoms with van der Waals surface area (Å²) in [6, 6.07) is 5.71. The van der Waals surface area contributed by atoms with Crippen LogP contribution >= 0.6 is 0 Å². The Hall–Kier alpha value is -2.43. The zero-order valence-corrected chi connectivity index (χ0v) is 11.3. The summed E-state index contributed by atoms with van der Waals surface area (Å²) in [5.74, 6) is 0.480. The molecular formula is C14H17N5. The fraction of sp³-hybridized carbons (Fsp3) is 0.214. The Balaban J connectivity index is 0.000000637. The van der Waals surface area contributed by atoms with Crippen molar-refractivity contribution in [2.24, 2.45) is 7.05 Å². The van der Waals surface area contributed by atoms with Crippen LogP contribution in [0.25, 0.3) is 22.2 Å². The van der Waals surface area contributed by atoms with Crippen molar-refractivity contribution in [2.45, 2.75) is 13.8 Å². The summed E-state index contributed by atoms with van der Waals surface area (Å²) in [5, 5.41) is 5.11. The monoisotopic (exact) mass is 255 g/mol. The Labute approximate surface area is 112 Å². The Morgan fingerprint density at radius 2 is 1.95 bits per heavy atom. The van der Waals surface area contributed by atoms with Gasteiger partial charge < -0.3 is 5.73 Å². The van der Waals surface area contributed by atoms with Gasteiger partial charge in [0.05, 0.1) is 17.4 Å². The molecular weight excluding hydrogens is 238 g/mol. The molecule has 0 bridgehead atoms. The highest BCUT2D eigenvalue weighted by molar-refractivity contribution is 5.82. The zero-order valence-electron chi connectivity index (χ0n) is 11.3. The molecule has 0 unspecified atom stereocenters. The first-order chi connectivity index (χ1) is 9.22. The minimum absolute atomic E-state index is 0.480. The molecule has 0 aliphatic carbocycles. The van der Waals surface area contributed by atoms with Crippen molar-refractivity contribution in [1.82, 2.24) is 19.7 Å². The van der Waals surface area contributed by atoms with E-state index in [-0.39, 0.29) is 0 Å². The predicted molar refractivity (Wildman–Crippen MR) is 77.5 cm³/mol. The maximum atomic E-state index is 5.65. The van der Waals surface area contributed by atoms with Gasteiger partial charge in [0.25, 0.3) is 0 Å². The molecule has 0 saturated carbocycles. The Kier molecular flexibility index (Phi) is 3.75. The average Bonchev–Trinajstić information content (AvgIpc) is 2.87. The summed E-state index contributed by atoms with van der Waals surface area (Å²) >= 11 is 0. The molecule has 3 aromatic rings. The Bertz CT molecular complexity index is 687. The highest BCUT2D eigenvalue weighted by Gasteiger charge is 2.04. The predicted octanol–water partition coefficient (Wildman–Crippen LogP) is 2.64. The van der Waals surface area contributed by atoms with Crippen LogP contribution in [0.2, 0.25) is 0 Å². The highest BCUT2D eigenvalue weighted by atomic mass is 15.2. The summed E-state index contributed by atoms with van der Waals surface area (Å²) in [5.41, 5.74) is 8.37. The number of fused-ring (bicyclic) bond motifs is 1. The first-order valence-corrected chi connectivity index (χ1v) is 6.24. The summed E-state index contributed by atoms with van der Waals surface area (Å²) in [6.07, 6.45) is 5.45. The molecule has 98 valence electrons. The normalized spacial score (nSPS) is 10.1. The lowest BCUT2D eigenvalue weighted by atomic mass is 10.2. The van der Waals surface area contributed by atoms with E-state index < -0.39 is 0 Å². The number of hydrogen-bond acceptors (Lipinski definition) is 4. The minimum atomic E-state index is 0.480. The standard InChI is InChI=1S/C12H11N5.C2H6/c1-17-7-9(6-15-17)10-3-2-8-5-14-12(13)4-11(8)16-10;1-2/h2-7H,1H3,(H2,13,14);1-2H3. The SMILES string of the molecule is CC.Cn1cc(-c2ccc3cnc(N)cc3n2)cn1. The van der Waals surface area contributed by atoms with Crippen LogP contribution in [-0.4, -0.2) is 19.7 Å². The van der Waals surface area contributed by atoms with Gasteiger partial charge in [0.2, 0.25) is 0 Å². The number of anilines is 1. The number of hydrogen-bond donors (Lipinski definition) is 1. The fourth-order valence-electron chi connectivity index (χ4n) is 1.75. The molecule has 0 fully saturated rings. The molecule has 0 aromatic carbocycles. The van der Waals surface area contributed by atoms with E-state index in [1.807, 2.05) is 39.2 Å². The van der Waals surface area contributed by atoms with Gasteiger partial charge in [-0.25, -0.2) is 9.97 Å². The van der Waals surface area contributed by atoms with Crippen molar-refractivity contribution in [1.29, 1.82) is 0 Å². The van der Waals surface area contributed by atoms with Gasteiger partial charge in [-0.15, -0.1) is 0 Å². The number of nitrogen functional groups attached to an aromatic ring is 1. The molecule has 0 aliphatic heterocycles. The van der Waals surface area contributed by atoms with E-state index in [1.54, 1.807) is 23.1 Å². The summed E-state index contributed by atoms with van der Waals surface area (Å²) in [4.78, 5) is 8.58. The van der Waals surface area contributed by atoms with Gasteiger partial charge >= 0.3 is 0 Å². The van der Waals surface area contributed by atoms with Crippen molar-refractivity contribution in [3.05, 3.63) is 36.8 Å². The number of rotatable bonds is 1. The second kappa shape index (κ2) is 5.48. The summed E-state index contributed by atoms with van der Waals surface area (Å²) < 4.78 is 1.75. The van der Waals surface area contributed by atoms with E-state index in [1.165, 1.54) is 0 Å².